The van der Waals surface area contributed by atoms with E-state index in [4.69, 9.17) is 10.5 Å². The molecular weight excluding hydrogens is 226 g/mol. The van der Waals surface area contributed by atoms with Gasteiger partial charge in [0.2, 0.25) is 0 Å². The van der Waals surface area contributed by atoms with Crippen molar-refractivity contribution in [3.63, 3.8) is 0 Å². The summed E-state index contributed by atoms with van der Waals surface area (Å²) in [6.07, 6.45) is 2.14. The van der Waals surface area contributed by atoms with E-state index < -0.39 is 0 Å². The van der Waals surface area contributed by atoms with Gasteiger partial charge in [-0.2, -0.15) is 0 Å². The summed E-state index contributed by atoms with van der Waals surface area (Å²) in [4.78, 5) is 11.4. The summed E-state index contributed by atoms with van der Waals surface area (Å²) < 4.78 is 5.21. The first-order chi connectivity index (χ1) is 8.31. The molecule has 0 radical (unpaired) electrons. The molecule has 100 valence electrons. The first-order valence-electron chi connectivity index (χ1n) is 6.41. The Morgan fingerprint density at radius 2 is 2.00 bits per heavy atom. The minimum absolute atomic E-state index is 0.215. The Balaban J connectivity index is 2.77. The van der Waals surface area contributed by atoms with Gasteiger partial charge in [-0.3, -0.25) is 4.79 Å². The van der Waals surface area contributed by atoms with E-state index in [0.29, 0.717) is 17.9 Å². The van der Waals surface area contributed by atoms with Crippen LogP contribution < -0.4 is 10.5 Å². The monoisotopic (exact) mass is 249 g/mol. The van der Waals surface area contributed by atoms with Gasteiger partial charge in [-0.25, -0.2) is 0 Å². The van der Waals surface area contributed by atoms with E-state index in [1.807, 2.05) is 19.1 Å². The highest BCUT2D eigenvalue weighted by Crippen LogP contribution is 2.27. The average Bonchev–Trinajstić information content (AvgIpc) is 2.20. The summed E-state index contributed by atoms with van der Waals surface area (Å²) in [5.41, 5.74) is 7.81. The van der Waals surface area contributed by atoms with Gasteiger partial charge in [0.05, 0.1) is 5.69 Å². The van der Waals surface area contributed by atoms with Gasteiger partial charge in [0, 0.05) is 6.42 Å². The second-order valence-electron chi connectivity index (χ2n) is 5.83. The fourth-order valence-corrected chi connectivity index (χ4v) is 1.79. The van der Waals surface area contributed by atoms with Gasteiger partial charge in [-0.05, 0) is 36.0 Å². The Morgan fingerprint density at radius 1 is 1.33 bits per heavy atom. The van der Waals surface area contributed by atoms with Gasteiger partial charge in [-0.1, -0.05) is 33.8 Å². The van der Waals surface area contributed by atoms with E-state index >= 15 is 0 Å². The van der Waals surface area contributed by atoms with E-state index in [1.165, 1.54) is 0 Å². The zero-order valence-corrected chi connectivity index (χ0v) is 11.7. The minimum atomic E-state index is -0.229. The van der Waals surface area contributed by atoms with Gasteiger partial charge in [-0.15, -0.1) is 0 Å². The Hall–Kier alpha value is -1.51. The van der Waals surface area contributed by atoms with Gasteiger partial charge in [0.25, 0.3) is 0 Å². The first kappa shape index (κ1) is 14.6. The minimum Gasteiger partial charge on any atom is -0.424 e. The van der Waals surface area contributed by atoms with Crippen LogP contribution >= 0.6 is 0 Å². The molecule has 0 aliphatic heterocycles. The van der Waals surface area contributed by atoms with Crippen molar-refractivity contribution < 1.29 is 9.53 Å². The van der Waals surface area contributed by atoms with Crippen molar-refractivity contribution in [2.24, 2.45) is 5.41 Å². The average molecular weight is 249 g/mol. The highest BCUT2D eigenvalue weighted by molar-refractivity contribution is 5.74. The molecule has 0 saturated carbocycles. The van der Waals surface area contributed by atoms with E-state index in [0.717, 1.165) is 18.4 Å². The summed E-state index contributed by atoms with van der Waals surface area (Å²) in [5, 5.41) is 0. The zero-order valence-electron chi connectivity index (χ0n) is 11.7. The lowest BCUT2D eigenvalue weighted by atomic mass is 9.88. The number of carbonyl (C=O) groups excluding carboxylic acids is 1. The molecule has 0 atom stereocenters. The topological polar surface area (TPSA) is 52.3 Å². The lowest BCUT2D eigenvalue weighted by Gasteiger charge is -2.18. The molecule has 1 aromatic rings. The van der Waals surface area contributed by atoms with E-state index in [-0.39, 0.29) is 11.4 Å². The van der Waals surface area contributed by atoms with Crippen LogP contribution in [0.5, 0.6) is 5.75 Å². The Bertz CT molecular complexity index is 419. The number of carbonyl (C=O) groups is 1. The van der Waals surface area contributed by atoms with Crippen molar-refractivity contribution in [1.82, 2.24) is 0 Å². The van der Waals surface area contributed by atoms with E-state index in [9.17, 15) is 4.79 Å². The molecule has 0 amide bonds. The van der Waals surface area contributed by atoms with Crippen molar-refractivity contribution in [2.75, 3.05) is 5.73 Å². The lowest BCUT2D eigenvalue weighted by molar-refractivity contribution is -0.134. The SMILES string of the molecule is CCCC(=O)Oc1ccc(CC(C)(C)C)cc1N. The van der Waals surface area contributed by atoms with E-state index in [2.05, 4.69) is 20.8 Å². The quantitative estimate of drug-likeness (QED) is 0.504. The standard InChI is InChI=1S/C15H23NO2/c1-5-6-14(17)18-13-8-7-11(9-12(13)16)10-15(2,3)4/h7-9H,5-6,10,16H2,1-4H3. The second kappa shape index (κ2) is 5.89. The van der Waals surface area contributed by atoms with Crippen LogP contribution in [-0.2, 0) is 11.2 Å². The molecule has 0 saturated heterocycles. The van der Waals surface area contributed by atoms with Crippen molar-refractivity contribution in [1.29, 1.82) is 0 Å². The van der Waals surface area contributed by atoms with Crippen LogP contribution in [0.15, 0.2) is 18.2 Å². The summed E-state index contributed by atoms with van der Waals surface area (Å²) in [6.45, 7) is 8.48. The summed E-state index contributed by atoms with van der Waals surface area (Å²) in [6, 6.07) is 5.64. The fourth-order valence-electron chi connectivity index (χ4n) is 1.79. The predicted molar refractivity (Wildman–Crippen MR) is 74.6 cm³/mol. The maximum absolute atomic E-state index is 11.4. The molecular formula is C15H23NO2. The van der Waals surface area contributed by atoms with Crippen LogP contribution in [0.4, 0.5) is 5.69 Å². The summed E-state index contributed by atoms with van der Waals surface area (Å²) >= 11 is 0. The molecule has 0 heterocycles. The van der Waals surface area contributed by atoms with Crippen LogP contribution in [-0.4, -0.2) is 5.97 Å². The van der Waals surface area contributed by atoms with Crippen molar-refractivity contribution in [3.05, 3.63) is 23.8 Å². The normalized spacial score (nSPS) is 11.3. The lowest BCUT2D eigenvalue weighted by Crippen LogP contribution is -2.11. The molecule has 0 unspecified atom stereocenters. The molecule has 0 aliphatic rings. The largest absolute Gasteiger partial charge is 0.424 e. The van der Waals surface area contributed by atoms with Crippen LogP contribution in [0.3, 0.4) is 0 Å². The van der Waals surface area contributed by atoms with E-state index in [1.54, 1.807) is 6.07 Å². The van der Waals surface area contributed by atoms with Crippen molar-refractivity contribution in [2.45, 2.75) is 47.0 Å². The number of hydrogen-bond acceptors (Lipinski definition) is 3. The van der Waals surface area contributed by atoms with Gasteiger partial charge in [0.1, 0.15) is 0 Å². The number of ether oxygens (including phenoxy) is 1. The number of esters is 1. The second-order valence-corrected chi connectivity index (χ2v) is 5.83. The number of benzene rings is 1. The van der Waals surface area contributed by atoms with Gasteiger partial charge < -0.3 is 10.5 Å². The molecule has 0 aliphatic carbocycles. The van der Waals surface area contributed by atoms with Gasteiger partial charge in [0.15, 0.2) is 5.75 Å². The third kappa shape index (κ3) is 4.78. The number of nitrogens with two attached hydrogens (primary N) is 1. The summed E-state index contributed by atoms with van der Waals surface area (Å²) in [5.74, 6) is 0.235. The molecule has 0 aromatic heterocycles. The molecule has 0 spiro atoms. The highest BCUT2D eigenvalue weighted by Gasteiger charge is 2.13. The molecule has 3 nitrogen and oxygen atoms in total. The Kier molecular flexibility index (Phi) is 4.76. The number of anilines is 1. The molecule has 1 aromatic carbocycles. The molecule has 0 fully saturated rings. The third-order valence-corrected chi connectivity index (χ3v) is 2.49. The van der Waals surface area contributed by atoms with Crippen LogP contribution in [0.1, 0.15) is 46.1 Å². The fraction of sp³-hybridized carbons (Fsp3) is 0.533. The Morgan fingerprint density at radius 3 is 2.50 bits per heavy atom. The maximum atomic E-state index is 11.4. The van der Waals surface area contributed by atoms with Crippen LogP contribution in [0.25, 0.3) is 0 Å². The molecule has 0 bridgehead atoms. The van der Waals surface area contributed by atoms with Crippen LogP contribution in [0, 0.1) is 5.41 Å². The number of hydrogen-bond donors (Lipinski definition) is 1. The highest BCUT2D eigenvalue weighted by atomic mass is 16.5. The molecule has 3 heteroatoms. The van der Waals surface area contributed by atoms with Crippen molar-refractivity contribution >= 4 is 11.7 Å². The third-order valence-electron chi connectivity index (χ3n) is 2.49. The van der Waals surface area contributed by atoms with Crippen LogP contribution in [0.2, 0.25) is 0 Å². The number of rotatable bonds is 4. The molecule has 2 N–H and O–H groups in total. The molecule has 18 heavy (non-hydrogen) atoms. The number of nitrogen functional groups attached to an aromatic ring is 1. The zero-order chi connectivity index (χ0) is 13.8. The van der Waals surface area contributed by atoms with Crippen molar-refractivity contribution in [3.8, 4) is 5.75 Å². The maximum Gasteiger partial charge on any atom is 0.311 e. The smallest absolute Gasteiger partial charge is 0.311 e. The summed E-state index contributed by atoms with van der Waals surface area (Å²) in [7, 11) is 0. The van der Waals surface area contributed by atoms with Gasteiger partial charge >= 0.3 is 5.97 Å². The predicted octanol–water partition coefficient (Wildman–Crippen LogP) is 3.56. The molecule has 1 rings (SSSR count). The first-order valence-corrected chi connectivity index (χ1v) is 6.41. The Labute approximate surface area is 109 Å².